The maximum Gasteiger partial charge on any atom is 0.213 e. The maximum atomic E-state index is 5.91. The molecule has 2 heterocycles. The largest absolute Gasteiger partial charge is 0.474 e. The van der Waals surface area contributed by atoms with Gasteiger partial charge < -0.3 is 15.8 Å². The van der Waals surface area contributed by atoms with Crippen LogP contribution in [0.3, 0.4) is 0 Å². The minimum absolute atomic E-state index is 0. The number of nitrogens with one attached hydrogen (secondary N) is 1. The van der Waals surface area contributed by atoms with Gasteiger partial charge in [0.25, 0.3) is 0 Å². The number of guanidine groups is 1. The Morgan fingerprint density at radius 1 is 1.24 bits per heavy atom. The van der Waals surface area contributed by atoms with E-state index in [1.807, 2.05) is 30.3 Å². The van der Waals surface area contributed by atoms with E-state index in [2.05, 4.69) is 20.3 Å². The third-order valence-electron chi connectivity index (χ3n) is 3.98. The van der Waals surface area contributed by atoms with E-state index >= 15 is 0 Å². The molecule has 0 amide bonds. The Hall–Kier alpha value is -1.90. The molecule has 25 heavy (non-hydrogen) atoms. The molecule has 2 aromatic rings. The summed E-state index contributed by atoms with van der Waals surface area (Å²) in [7, 11) is 0. The quantitative estimate of drug-likeness (QED) is 0.383. The average Bonchev–Trinajstić information content (AvgIpc) is 2.58. The molecule has 6 nitrogen and oxygen atoms in total. The van der Waals surface area contributed by atoms with Crippen molar-refractivity contribution in [3.05, 3.63) is 54.0 Å². The Labute approximate surface area is 165 Å². The molecule has 1 saturated carbocycles. The van der Waals surface area contributed by atoms with Gasteiger partial charge >= 0.3 is 0 Å². The van der Waals surface area contributed by atoms with Gasteiger partial charge in [-0.2, -0.15) is 0 Å². The Morgan fingerprint density at radius 3 is 2.84 bits per heavy atom. The van der Waals surface area contributed by atoms with Crippen LogP contribution in [0.15, 0.2) is 47.7 Å². The molecular weight excluding hydrogens is 429 g/mol. The van der Waals surface area contributed by atoms with E-state index in [-0.39, 0.29) is 24.0 Å². The topological polar surface area (TPSA) is 85.4 Å². The number of nitrogens with two attached hydrogens (primary N) is 1. The lowest BCUT2D eigenvalue weighted by Crippen LogP contribution is -2.33. The van der Waals surface area contributed by atoms with Crippen LogP contribution in [0.4, 0.5) is 0 Å². The van der Waals surface area contributed by atoms with Crippen molar-refractivity contribution in [2.75, 3.05) is 6.54 Å². The highest BCUT2D eigenvalue weighted by molar-refractivity contribution is 14.0. The zero-order valence-electron chi connectivity index (χ0n) is 14.1. The molecule has 0 spiro atoms. The Morgan fingerprint density at radius 2 is 2.12 bits per heavy atom. The van der Waals surface area contributed by atoms with Gasteiger partial charge in [0.2, 0.25) is 5.88 Å². The SMILES string of the molecule is I.NC(=NCc1ccnc(OC2CCC2)c1)NCCc1ccccn1. The second-order valence-corrected chi connectivity index (χ2v) is 5.87. The van der Waals surface area contributed by atoms with Crippen molar-refractivity contribution >= 4 is 29.9 Å². The Kier molecular flexibility index (Phi) is 7.90. The smallest absolute Gasteiger partial charge is 0.213 e. The number of hydrogen-bond acceptors (Lipinski definition) is 4. The van der Waals surface area contributed by atoms with Crippen LogP contribution in [-0.2, 0) is 13.0 Å². The summed E-state index contributed by atoms with van der Waals surface area (Å²) in [5, 5.41) is 3.11. The molecule has 0 atom stereocenters. The zero-order chi connectivity index (χ0) is 16.6. The van der Waals surface area contributed by atoms with Gasteiger partial charge in [-0.25, -0.2) is 9.98 Å². The molecule has 0 aromatic carbocycles. The van der Waals surface area contributed by atoms with Crippen LogP contribution in [0.2, 0.25) is 0 Å². The summed E-state index contributed by atoms with van der Waals surface area (Å²) in [6, 6.07) is 9.74. The van der Waals surface area contributed by atoms with Crippen molar-refractivity contribution in [2.24, 2.45) is 10.7 Å². The minimum Gasteiger partial charge on any atom is -0.474 e. The molecule has 0 radical (unpaired) electrons. The van der Waals surface area contributed by atoms with Crippen molar-refractivity contribution in [3.63, 3.8) is 0 Å². The number of hydrogen-bond donors (Lipinski definition) is 2. The lowest BCUT2D eigenvalue weighted by Gasteiger charge is -2.25. The van der Waals surface area contributed by atoms with E-state index in [1.165, 1.54) is 6.42 Å². The highest BCUT2D eigenvalue weighted by Gasteiger charge is 2.19. The molecule has 3 rings (SSSR count). The summed E-state index contributed by atoms with van der Waals surface area (Å²) in [4.78, 5) is 12.9. The number of aliphatic imine (C=N–C) groups is 1. The number of halogens is 1. The van der Waals surface area contributed by atoms with Crippen LogP contribution >= 0.6 is 24.0 Å². The minimum atomic E-state index is 0. The first-order valence-electron chi connectivity index (χ1n) is 8.35. The molecule has 1 fully saturated rings. The van der Waals surface area contributed by atoms with Gasteiger partial charge in [-0.05, 0) is 43.0 Å². The van der Waals surface area contributed by atoms with Crippen LogP contribution in [-0.4, -0.2) is 28.6 Å². The van der Waals surface area contributed by atoms with Crippen LogP contribution in [0, 0.1) is 0 Å². The third-order valence-corrected chi connectivity index (χ3v) is 3.98. The van der Waals surface area contributed by atoms with Crippen LogP contribution < -0.4 is 15.8 Å². The molecule has 2 aromatic heterocycles. The molecule has 7 heteroatoms. The Balaban J connectivity index is 0.00000225. The molecule has 1 aliphatic rings. The van der Waals surface area contributed by atoms with Crippen molar-refractivity contribution < 1.29 is 4.74 Å². The van der Waals surface area contributed by atoms with Gasteiger partial charge in [-0.3, -0.25) is 4.98 Å². The zero-order valence-corrected chi connectivity index (χ0v) is 16.4. The first-order chi connectivity index (χ1) is 11.8. The van der Waals surface area contributed by atoms with Crippen LogP contribution in [0.1, 0.15) is 30.5 Å². The predicted molar refractivity (Wildman–Crippen MR) is 109 cm³/mol. The number of pyridine rings is 2. The van der Waals surface area contributed by atoms with Gasteiger partial charge in [0.15, 0.2) is 5.96 Å². The third kappa shape index (κ3) is 6.49. The highest BCUT2D eigenvalue weighted by atomic mass is 127. The molecule has 0 bridgehead atoms. The normalized spacial score (nSPS) is 14.3. The Bertz CT molecular complexity index is 676. The van der Waals surface area contributed by atoms with Gasteiger partial charge in [-0.1, -0.05) is 6.07 Å². The first kappa shape index (κ1) is 19.4. The van der Waals surface area contributed by atoms with Gasteiger partial charge in [0, 0.05) is 37.1 Å². The van der Waals surface area contributed by atoms with Crippen molar-refractivity contribution in [1.82, 2.24) is 15.3 Å². The van der Waals surface area contributed by atoms with E-state index in [0.29, 0.717) is 31.0 Å². The predicted octanol–water partition coefficient (Wildman–Crippen LogP) is 2.67. The van der Waals surface area contributed by atoms with E-state index in [4.69, 9.17) is 10.5 Å². The average molecular weight is 453 g/mol. The number of ether oxygens (including phenoxy) is 1. The van der Waals surface area contributed by atoms with Crippen LogP contribution in [0.5, 0.6) is 5.88 Å². The fourth-order valence-corrected chi connectivity index (χ4v) is 2.37. The van der Waals surface area contributed by atoms with Gasteiger partial charge in [-0.15, -0.1) is 24.0 Å². The van der Waals surface area contributed by atoms with Crippen molar-refractivity contribution in [1.29, 1.82) is 0 Å². The molecule has 0 aliphatic heterocycles. The standard InChI is InChI=1S/C18H23N5O.HI/c19-18(22-11-8-15-4-1-2-9-20-15)23-13-14-7-10-21-17(12-14)24-16-5-3-6-16;/h1-2,4,7,9-10,12,16H,3,5-6,8,11,13H2,(H3,19,22,23);1H. The molecule has 1 aliphatic carbocycles. The molecule has 0 unspecified atom stereocenters. The second-order valence-electron chi connectivity index (χ2n) is 5.87. The number of nitrogens with zero attached hydrogens (tertiary/aromatic N) is 3. The summed E-state index contributed by atoms with van der Waals surface area (Å²) in [5.74, 6) is 1.11. The second kappa shape index (κ2) is 10.2. The summed E-state index contributed by atoms with van der Waals surface area (Å²) in [6.07, 6.45) is 8.17. The maximum absolute atomic E-state index is 5.91. The van der Waals surface area contributed by atoms with Gasteiger partial charge in [0.05, 0.1) is 6.54 Å². The van der Waals surface area contributed by atoms with E-state index in [0.717, 1.165) is 30.5 Å². The van der Waals surface area contributed by atoms with E-state index < -0.39 is 0 Å². The first-order valence-corrected chi connectivity index (χ1v) is 8.35. The summed E-state index contributed by atoms with van der Waals surface area (Å²) in [6.45, 7) is 1.21. The molecule has 134 valence electrons. The van der Waals surface area contributed by atoms with Crippen molar-refractivity contribution in [2.45, 2.75) is 38.3 Å². The van der Waals surface area contributed by atoms with E-state index in [1.54, 1.807) is 12.4 Å². The summed E-state index contributed by atoms with van der Waals surface area (Å²) >= 11 is 0. The fourth-order valence-electron chi connectivity index (χ4n) is 2.37. The van der Waals surface area contributed by atoms with Crippen molar-refractivity contribution in [3.8, 4) is 5.88 Å². The highest BCUT2D eigenvalue weighted by Crippen LogP contribution is 2.24. The lowest BCUT2D eigenvalue weighted by atomic mass is 9.96. The fraction of sp³-hybridized carbons (Fsp3) is 0.389. The van der Waals surface area contributed by atoms with Gasteiger partial charge in [0.1, 0.15) is 6.10 Å². The summed E-state index contributed by atoms with van der Waals surface area (Å²) in [5.41, 5.74) is 7.97. The summed E-state index contributed by atoms with van der Waals surface area (Å²) < 4.78 is 5.80. The number of aromatic nitrogens is 2. The monoisotopic (exact) mass is 453 g/mol. The lowest BCUT2D eigenvalue weighted by molar-refractivity contribution is 0.114. The molecule has 0 saturated heterocycles. The molecule has 3 N–H and O–H groups in total. The molecular formula is C18H24IN5O. The number of rotatable bonds is 7. The van der Waals surface area contributed by atoms with Crippen LogP contribution in [0.25, 0.3) is 0 Å². The van der Waals surface area contributed by atoms with E-state index in [9.17, 15) is 0 Å².